The summed E-state index contributed by atoms with van der Waals surface area (Å²) in [5.41, 5.74) is 6.74. The van der Waals surface area contributed by atoms with E-state index in [-0.39, 0.29) is 22.2 Å². The Bertz CT molecular complexity index is 507. The SMILES string of the molecule is C[C@H](N)CCCc1cc(OC(F)(F)F)c(Cl)c(C(C)(C)C)c1. The van der Waals surface area contributed by atoms with Gasteiger partial charge in [0.1, 0.15) is 5.75 Å². The molecule has 0 unspecified atom stereocenters. The molecule has 0 saturated heterocycles. The van der Waals surface area contributed by atoms with Gasteiger partial charge in [0.2, 0.25) is 0 Å². The number of hydrogen-bond acceptors (Lipinski definition) is 2. The van der Waals surface area contributed by atoms with E-state index in [0.29, 0.717) is 12.0 Å². The van der Waals surface area contributed by atoms with Gasteiger partial charge in [-0.1, -0.05) is 38.4 Å². The van der Waals surface area contributed by atoms with Gasteiger partial charge in [0, 0.05) is 6.04 Å². The average Bonchev–Trinajstić information content (AvgIpc) is 2.29. The highest BCUT2D eigenvalue weighted by Gasteiger charge is 2.33. The summed E-state index contributed by atoms with van der Waals surface area (Å²) in [5, 5.41) is 0.0146. The van der Waals surface area contributed by atoms with Crippen LogP contribution in [0.5, 0.6) is 5.75 Å². The molecule has 0 radical (unpaired) electrons. The van der Waals surface area contributed by atoms with Gasteiger partial charge in [-0.15, -0.1) is 13.2 Å². The van der Waals surface area contributed by atoms with Crippen LogP contribution in [0.2, 0.25) is 5.02 Å². The quantitative estimate of drug-likeness (QED) is 0.800. The monoisotopic (exact) mass is 337 g/mol. The summed E-state index contributed by atoms with van der Waals surface area (Å²) in [6, 6.07) is 3.29. The highest BCUT2D eigenvalue weighted by Crippen LogP contribution is 2.39. The van der Waals surface area contributed by atoms with Crippen LogP contribution >= 0.6 is 11.6 Å². The van der Waals surface area contributed by atoms with Crippen LogP contribution in [-0.4, -0.2) is 12.4 Å². The van der Waals surface area contributed by atoms with Crippen LogP contribution in [-0.2, 0) is 11.8 Å². The summed E-state index contributed by atoms with van der Waals surface area (Å²) in [6.07, 6.45) is -2.52. The molecule has 0 aromatic heterocycles. The molecule has 6 heteroatoms. The predicted molar refractivity (Wildman–Crippen MR) is 83.4 cm³/mol. The summed E-state index contributed by atoms with van der Waals surface area (Å²) in [6.45, 7) is 7.60. The number of benzene rings is 1. The lowest BCUT2D eigenvalue weighted by atomic mass is 9.85. The van der Waals surface area contributed by atoms with Gasteiger partial charge in [0.25, 0.3) is 0 Å². The zero-order valence-electron chi connectivity index (χ0n) is 13.4. The van der Waals surface area contributed by atoms with Crippen LogP contribution in [0.15, 0.2) is 12.1 Å². The number of aryl methyl sites for hydroxylation is 1. The highest BCUT2D eigenvalue weighted by molar-refractivity contribution is 6.33. The zero-order valence-corrected chi connectivity index (χ0v) is 14.1. The number of ether oxygens (including phenoxy) is 1. The fraction of sp³-hybridized carbons (Fsp3) is 0.625. The highest BCUT2D eigenvalue weighted by atomic mass is 35.5. The van der Waals surface area contributed by atoms with Crippen LogP contribution < -0.4 is 10.5 Å². The summed E-state index contributed by atoms with van der Waals surface area (Å²) in [4.78, 5) is 0. The van der Waals surface area contributed by atoms with Crippen molar-refractivity contribution in [3.8, 4) is 5.75 Å². The number of alkyl halides is 3. The van der Waals surface area contributed by atoms with Crippen molar-refractivity contribution in [3.05, 3.63) is 28.3 Å². The normalized spacial score (nSPS) is 14.0. The van der Waals surface area contributed by atoms with Gasteiger partial charge in [0.15, 0.2) is 0 Å². The molecule has 0 fully saturated rings. The minimum absolute atomic E-state index is 0.0146. The number of nitrogens with two attached hydrogens (primary N) is 1. The first-order valence-electron chi connectivity index (χ1n) is 7.24. The molecule has 2 N–H and O–H groups in total. The first-order chi connectivity index (χ1) is 9.90. The third-order valence-electron chi connectivity index (χ3n) is 3.26. The Morgan fingerprint density at radius 1 is 1.23 bits per heavy atom. The fourth-order valence-corrected chi connectivity index (χ4v) is 2.60. The maximum Gasteiger partial charge on any atom is 0.573 e. The standard InChI is InChI=1S/C16H23ClF3NO/c1-10(21)6-5-7-11-8-12(15(2,3)4)14(17)13(9-11)22-16(18,19)20/h8-10H,5-7,21H2,1-4H3/t10-/m0/s1. The largest absolute Gasteiger partial charge is 0.573 e. The molecule has 1 atom stereocenters. The van der Waals surface area contributed by atoms with Crippen molar-refractivity contribution < 1.29 is 17.9 Å². The van der Waals surface area contributed by atoms with Crippen molar-refractivity contribution in [1.29, 1.82) is 0 Å². The topological polar surface area (TPSA) is 35.2 Å². The second kappa shape index (κ2) is 7.09. The van der Waals surface area contributed by atoms with Crippen LogP contribution in [0.3, 0.4) is 0 Å². The second-order valence-electron chi connectivity index (χ2n) is 6.62. The molecule has 0 saturated carbocycles. The van der Waals surface area contributed by atoms with Crippen LogP contribution in [0.1, 0.15) is 51.7 Å². The summed E-state index contributed by atoms with van der Waals surface area (Å²) >= 11 is 6.11. The predicted octanol–water partition coefficient (Wildman–Crippen LogP) is 5.21. The minimum atomic E-state index is -4.76. The van der Waals surface area contributed by atoms with Crippen molar-refractivity contribution in [2.24, 2.45) is 5.73 Å². The molecule has 0 amide bonds. The van der Waals surface area contributed by atoms with Crippen molar-refractivity contribution in [1.82, 2.24) is 0 Å². The Morgan fingerprint density at radius 2 is 1.82 bits per heavy atom. The van der Waals surface area contributed by atoms with Crippen molar-refractivity contribution in [3.63, 3.8) is 0 Å². The molecule has 1 rings (SSSR count). The molecule has 0 aliphatic carbocycles. The smallest absolute Gasteiger partial charge is 0.404 e. The maximum atomic E-state index is 12.5. The zero-order chi connectivity index (χ0) is 17.1. The third-order valence-corrected chi connectivity index (χ3v) is 3.65. The molecule has 2 nitrogen and oxygen atoms in total. The van der Waals surface area contributed by atoms with E-state index < -0.39 is 6.36 Å². The van der Waals surface area contributed by atoms with E-state index in [1.165, 1.54) is 6.07 Å². The van der Waals surface area contributed by atoms with Gasteiger partial charge < -0.3 is 10.5 Å². The average molecular weight is 338 g/mol. The van der Waals surface area contributed by atoms with E-state index in [1.54, 1.807) is 0 Å². The Labute approximate surface area is 134 Å². The molecular formula is C16H23ClF3NO. The first kappa shape index (κ1) is 19.1. The van der Waals surface area contributed by atoms with Crippen molar-refractivity contribution >= 4 is 11.6 Å². The third kappa shape index (κ3) is 6.05. The lowest BCUT2D eigenvalue weighted by Crippen LogP contribution is -2.19. The van der Waals surface area contributed by atoms with Gasteiger partial charge in [-0.25, -0.2) is 0 Å². The Morgan fingerprint density at radius 3 is 2.27 bits per heavy atom. The van der Waals surface area contributed by atoms with E-state index in [1.807, 2.05) is 33.8 Å². The Hall–Kier alpha value is -0.940. The maximum absolute atomic E-state index is 12.5. The van der Waals surface area contributed by atoms with Crippen LogP contribution in [0.4, 0.5) is 13.2 Å². The molecular weight excluding hydrogens is 315 g/mol. The van der Waals surface area contributed by atoms with E-state index >= 15 is 0 Å². The molecule has 0 spiro atoms. The van der Waals surface area contributed by atoms with Gasteiger partial charge in [-0.05, 0) is 48.8 Å². The van der Waals surface area contributed by atoms with Gasteiger partial charge in [-0.2, -0.15) is 0 Å². The van der Waals surface area contributed by atoms with E-state index in [2.05, 4.69) is 4.74 Å². The summed E-state index contributed by atoms with van der Waals surface area (Å²) in [7, 11) is 0. The van der Waals surface area contributed by atoms with Crippen LogP contribution in [0.25, 0.3) is 0 Å². The van der Waals surface area contributed by atoms with Crippen molar-refractivity contribution in [2.75, 3.05) is 0 Å². The number of rotatable bonds is 5. The summed E-state index contributed by atoms with van der Waals surface area (Å²) in [5.74, 6) is -0.336. The van der Waals surface area contributed by atoms with Gasteiger partial charge >= 0.3 is 6.36 Å². The van der Waals surface area contributed by atoms with E-state index in [9.17, 15) is 13.2 Å². The van der Waals surface area contributed by atoms with E-state index in [4.69, 9.17) is 17.3 Å². The van der Waals surface area contributed by atoms with E-state index in [0.717, 1.165) is 18.4 Å². The molecule has 126 valence electrons. The Kier molecular flexibility index (Phi) is 6.16. The fourth-order valence-electron chi connectivity index (χ4n) is 2.17. The van der Waals surface area contributed by atoms with Gasteiger partial charge in [-0.3, -0.25) is 0 Å². The Balaban J connectivity index is 3.14. The van der Waals surface area contributed by atoms with Crippen molar-refractivity contribution in [2.45, 2.75) is 64.8 Å². The van der Waals surface area contributed by atoms with Crippen LogP contribution in [0, 0.1) is 0 Å². The molecule has 1 aromatic carbocycles. The second-order valence-corrected chi connectivity index (χ2v) is 7.00. The number of hydrogen-bond donors (Lipinski definition) is 1. The molecule has 0 bridgehead atoms. The summed E-state index contributed by atoms with van der Waals surface area (Å²) < 4.78 is 41.7. The molecule has 0 heterocycles. The molecule has 0 aliphatic heterocycles. The lowest BCUT2D eigenvalue weighted by molar-refractivity contribution is -0.274. The number of halogens is 4. The molecule has 22 heavy (non-hydrogen) atoms. The molecule has 1 aromatic rings. The minimum Gasteiger partial charge on any atom is -0.404 e. The molecule has 0 aliphatic rings. The lowest BCUT2D eigenvalue weighted by Gasteiger charge is -2.24. The first-order valence-corrected chi connectivity index (χ1v) is 7.62. The van der Waals surface area contributed by atoms with Gasteiger partial charge in [0.05, 0.1) is 5.02 Å².